The maximum atomic E-state index is 8.78. The number of methoxy groups -OCH3 is 4. The first-order valence-electron chi connectivity index (χ1n) is 37.4. The van der Waals surface area contributed by atoms with Gasteiger partial charge in [0.1, 0.15) is 18.3 Å². The van der Waals surface area contributed by atoms with Crippen LogP contribution in [0.3, 0.4) is 0 Å². The lowest BCUT2D eigenvalue weighted by Gasteiger charge is -2.37. The molecule has 97 heavy (non-hydrogen) atoms. The van der Waals surface area contributed by atoms with Crippen molar-refractivity contribution in [2.75, 3.05) is 96.5 Å². The number of ether oxygens (including phenoxy) is 11. The molecule has 7 heterocycles. The summed E-state index contributed by atoms with van der Waals surface area (Å²) < 4.78 is 163. The summed E-state index contributed by atoms with van der Waals surface area (Å²) in [5, 5.41) is 48.9. The number of hydrogen-bond acceptors (Lipinski definition) is 28. The Kier molecular flexibility index (Phi) is 48.7. The first-order valence-corrected chi connectivity index (χ1v) is 36.9. The molecule has 0 aliphatic carbocycles. The van der Waals surface area contributed by atoms with Crippen molar-refractivity contribution in [1.82, 2.24) is 4.67 Å². The van der Waals surface area contributed by atoms with Crippen LogP contribution in [0, 0.1) is 34.0 Å². The SMILES string of the molecule is COC1CC(C)OC1CO.[2H]CC1OC(C)CC1OC.[2H]CC1OC(C)CC1OP(=C)(OCCC#N)OCC1OC(C)CC1OC.[2H]CC1OC(C)CC1OP(OCCC#N)N(C(C)C)C(C)C.[2H]CC1OC(C)CC1OP(OCCC#N)OCC1OC(C)CC1OC.[3H]OC.[3H]OC.[3H]OC.[3H]OC. The van der Waals surface area contributed by atoms with Crippen molar-refractivity contribution in [2.24, 2.45) is 0 Å². The van der Waals surface area contributed by atoms with Crippen molar-refractivity contribution >= 4 is 31.0 Å². The predicted molar refractivity (Wildman–Crippen MR) is 373 cm³/mol. The largest absolute Gasteiger partial charge is 0.400 e. The van der Waals surface area contributed by atoms with Crippen LogP contribution in [0.1, 0.15) is 173 Å². The quantitative estimate of drug-likeness (QED) is 0.0343. The maximum absolute atomic E-state index is 8.78. The fourth-order valence-electron chi connectivity index (χ4n) is 10.9. The molecule has 7 aliphatic rings. The van der Waals surface area contributed by atoms with E-state index in [0.717, 1.165) is 32.1 Å². The van der Waals surface area contributed by atoms with Gasteiger partial charge in [-0.25, -0.2) is 4.67 Å². The zero-order valence-corrected chi connectivity index (χ0v) is 64.3. The van der Waals surface area contributed by atoms with E-state index < -0.39 is 24.7 Å². The molecular formula is C66H131N4O24P3. The second-order valence-electron chi connectivity index (χ2n) is 23.7. The van der Waals surface area contributed by atoms with E-state index in [1.165, 1.54) is 28.4 Å². The zero-order valence-electron chi connectivity index (χ0n) is 69.6. The van der Waals surface area contributed by atoms with Crippen LogP contribution in [0.25, 0.3) is 0 Å². The monoisotopic (exact) mass is 1470 g/mol. The van der Waals surface area contributed by atoms with Gasteiger partial charge in [0.15, 0.2) is 0 Å². The predicted octanol–water partition coefficient (Wildman–Crippen LogP) is 9.49. The fraction of sp³-hybridized carbons (Fsp3) is 0.939. The Hall–Kier alpha value is -1.37. The third kappa shape index (κ3) is 38.8. The summed E-state index contributed by atoms with van der Waals surface area (Å²) in [4.78, 5) is 0. The number of nitrogens with zero attached hydrogens (tertiary/aromatic N) is 4. The highest BCUT2D eigenvalue weighted by molar-refractivity contribution is 7.59. The van der Waals surface area contributed by atoms with E-state index >= 15 is 0 Å². The van der Waals surface area contributed by atoms with Gasteiger partial charge in [-0.1, -0.05) is 0 Å². The van der Waals surface area contributed by atoms with E-state index in [1.54, 1.807) is 28.4 Å². The smallest absolute Gasteiger partial charge is 0.333 e. The molecule has 24 unspecified atom stereocenters. The molecule has 7 saturated heterocycles. The summed E-state index contributed by atoms with van der Waals surface area (Å²) in [6, 6.07) is 6.73. The summed E-state index contributed by atoms with van der Waals surface area (Å²) in [5.41, 5.74) is 0. The third-order valence-corrected chi connectivity index (χ3v) is 20.3. The highest BCUT2D eigenvalue weighted by atomic mass is 31.2. The minimum Gasteiger partial charge on any atom is -0.400 e. The van der Waals surface area contributed by atoms with Crippen molar-refractivity contribution in [3.05, 3.63) is 0 Å². The van der Waals surface area contributed by atoms with Crippen LogP contribution < -0.4 is 0 Å². The molecular weight excluding hydrogens is 1330 g/mol. The molecule has 0 aromatic heterocycles. The Morgan fingerprint density at radius 3 is 1.23 bits per heavy atom. The number of aliphatic hydroxyl groups excluding tert-OH is 5. The van der Waals surface area contributed by atoms with Crippen LogP contribution in [0.4, 0.5) is 0 Å². The van der Waals surface area contributed by atoms with Crippen LogP contribution in [-0.2, 0) is 88.3 Å². The molecule has 31 heteroatoms. The van der Waals surface area contributed by atoms with E-state index in [4.69, 9.17) is 120 Å². The summed E-state index contributed by atoms with van der Waals surface area (Å²) in [7, 11) is 5.98. The molecule has 5 N–H and O–H groups in total. The number of hydrogen-bond donors (Lipinski definition) is 5. The Balaban J connectivity index is 0. The minimum atomic E-state index is -2.93. The topological polar surface area (TPSA) is 351 Å². The highest BCUT2D eigenvalue weighted by Crippen LogP contribution is 2.53. The van der Waals surface area contributed by atoms with Gasteiger partial charge in [-0.3, -0.25) is 0 Å². The van der Waals surface area contributed by atoms with Crippen molar-refractivity contribution in [1.29, 1.82) is 21.5 Å². The average Bonchev–Trinajstić information content (AvgIpc) is 1.83. The van der Waals surface area contributed by atoms with Gasteiger partial charge in [0.25, 0.3) is 16.1 Å². The minimum absolute atomic E-state index is 0.000000000000000444. The molecule has 0 aromatic carbocycles. The van der Waals surface area contributed by atoms with Crippen molar-refractivity contribution in [2.45, 2.75) is 308 Å². The lowest BCUT2D eigenvalue weighted by atomic mass is 10.1. The van der Waals surface area contributed by atoms with Gasteiger partial charge < -0.3 is 114 Å². The van der Waals surface area contributed by atoms with Gasteiger partial charge in [0, 0.05) is 119 Å². The van der Waals surface area contributed by atoms with Gasteiger partial charge >= 0.3 is 8.60 Å². The molecule has 574 valence electrons. The molecule has 0 bridgehead atoms. The Morgan fingerprint density at radius 2 is 0.835 bits per heavy atom. The van der Waals surface area contributed by atoms with Crippen molar-refractivity contribution in [3.63, 3.8) is 0 Å². The number of nitriles is 3. The zero-order chi connectivity index (χ0) is 80.0. The molecule has 28 nitrogen and oxygen atoms in total. The average molecular weight is 1470 g/mol. The van der Waals surface area contributed by atoms with Gasteiger partial charge in [0.2, 0.25) is 5.72 Å². The molecule has 7 fully saturated rings. The van der Waals surface area contributed by atoms with E-state index in [1.807, 2.05) is 60.6 Å². The van der Waals surface area contributed by atoms with Crippen LogP contribution in [0.15, 0.2) is 0 Å². The lowest BCUT2D eigenvalue weighted by molar-refractivity contribution is -0.0332. The van der Waals surface area contributed by atoms with Crippen LogP contribution >= 0.6 is 24.7 Å². The van der Waals surface area contributed by atoms with Crippen molar-refractivity contribution in [3.8, 4) is 18.2 Å². The Labute approximate surface area is 597 Å². The summed E-state index contributed by atoms with van der Waals surface area (Å²) in [6.07, 6.45) is 9.60. The summed E-state index contributed by atoms with van der Waals surface area (Å²) >= 11 is 0. The maximum Gasteiger partial charge on any atom is 0.333 e. The van der Waals surface area contributed by atoms with Crippen LogP contribution in [0.5, 0.6) is 0 Å². The van der Waals surface area contributed by atoms with E-state index in [9.17, 15) is 0 Å². The molecule has 0 amide bonds. The number of aliphatic hydroxyl groups is 5. The van der Waals surface area contributed by atoms with Crippen LogP contribution in [0.2, 0.25) is 0 Å². The molecule has 7 rings (SSSR count). The lowest BCUT2D eigenvalue weighted by Crippen LogP contribution is -2.35. The summed E-state index contributed by atoms with van der Waals surface area (Å²) in [6.45, 7) is 24.5. The fourth-order valence-corrected chi connectivity index (χ4v) is 15.3. The normalized spacial score (nSPS) is 34.5. The van der Waals surface area contributed by atoms with E-state index in [0.29, 0.717) is 39.4 Å². The van der Waals surface area contributed by atoms with Crippen molar-refractivity contribution < 1.29 is 119 Å². The molecule has 0 spiro atoms. The standard InChI is InChI=1S/C17H30NO6P.C16H28NO6P.C15H29N2O3P.C7H14O3.C7H14O2.4CH4O/c1-12-9-15(14(3)22-12)24-25(5,20-8-6-7-18)21-11-17-16(19-4)10-13(2)23-17;1-11-8-14(13(3)21-11)23-24(19-7-5-6-17)20-10-16-15(18-4)9-12(2)22-16;1-11(2)17(12(3)4)21(18-9-7-8-16)20-15-10-13(5)19-14(15)6;1-5-3-6(9-2)7(4-8)10-5;1-5-4-7(8-3)6(2)9-5;4*1-2/h12-17H,5-6,8-11H2,1-4H3;11-16H,5,7-10H2,1-4H3;11-15H,7,9-10H2,1-6H3;5-8H,3-4H2,1-2H3;5-7H,4H2,1-3H3;4*2H,1H3/i2*3D;6D;;2D;4*2T. The summed E-state index contributed by atoms with van der Waals surface area (Å²) in [5.74, 6) is 0. The second-order valence-corrected chi connectivity index (χ2v) is 28.2. The first-order chi connectivity index (χ1) is 50.1. The molecule has 7 aliphatic heterocycles. The van der Waals surface area contributed by atoms with E-state index in [2.05, 4.69) is 65.2 Å². The van der Waals surface area contributed by atoms with Gasteiger partial charge in [-0.15, -0.1) is 0 Å². The second kappa shape index (κ2) is 57.0. The van der Waals surface area contributed by atoms with Gasteiger partial charge in [-0.05, 0) is 110 Å². The Bertz CT molecular complexity index is 2210. The Morgan fingerprint density at radius 1 is 0.495 bits per heavy atom. The molecule has 0 aromatic rings. The highest BCUT2D eigenvalue weighted by Gasteiger charge is 2.41. The number of rotatable bonds is 29. The molecule has 24 atom stereocenters. The molecule has 0 saturated carbocycles. The van der Waals surface area contributed by atoms with Gasteiger partial charge in [0.05, 0.1) is 187 Å². The third-order valence-electron chi connectivity index (χ3n) is 15.2. The van der Waals surface area contributed by atoms with E-state index in [-0.39, 0.29) is 200 Å². The first kappa shape index (κ1) is 82.9. The van der Waals surface area contributed by atoms with Crippen LogP contribution in [-0.4, -0.2) is 279 Å². The molecule has 0 radical (unpaired) electrons. The van der Waals surface area contributed by atoms with Gasteiger partial charge in [-0.2, -0.15) is 15.8 Å².